The first-order valence-electron chi connectivity index (χ1n) is 14.0. The Kier molecular flexibility index (Phi) is 8.75. The summed E-state index contributed by atoms with van der Waals surface area (Å²) in [6.07, 6.45) is 0.733. The molecule has 2 aliphatic heterocycles. The summed E-state index contributed by atoms with van der Waals surface area (Å²) >= 11 is 0. The predicted octanol–water partition coefficient (Wildman–Crippen LogP) is 4.53. The molecule has 4 N–H and O–H groups in total. The zero-order valence-electron chi connectivity index (χ0n) is 24.4. The molecule has 2 amide bonds. The van der Waals surface area contributed by atoms with Gasteiger partial charge in [-0.15, -0.1) is 0 Å². The fourth-order valence-corrected chi connectivity index (χ4v) is 5.62. The topological polar surface area (TPSA) is 147 Å². The first-order chi connectivity index (χ1) is 20.0. The number of carboxylic acid groups (broad SMARTS) is 1. The maximum Gasteiger partial charge on any atom is 0.490 e. The fraction of sp³-hybridized carbons (Fsp3) is 0.500. The average Bonchev–Trinajstić information content (AvgIpc) is 3.71. The Bertz CT molecular complexity index is 1400. The number of nitrogens with two attached hydrogens (primary N) is 1. The van der Waals surface area contributed by atoms with E-state index in [4.69, 9.17) is 25.4 Å². The number of hydrogen-bond acceptors (Lipinski definition) is 7. The third-order valence-electron chi connectivity index (χ3n) is 8.02. The number of fused-ring (bicyclic) bond motifs is 1. The number of aliphatic imine (C=N–C) groups is 1. The maximum absolute atomic E-state index is 13.5. The highest BCUT2D eigenvalue weighted by Gasteiger charge is 2.53. The van der Waals surface area contributed by atoms with Gasteiger partial charge < -0.3 is 20.9 Å². The minimum atomic E-state index is -5.08. The van der Waals surface area contributed by atoms with Gasteiger partial charge in [0.05, 0.1) is 24.0 Å². The van der Waals surface area contributed by atoms with Crippen molar-refractivity contribution < 1.29 is 37.4 Å². The number of alkyl halides is 3. The third kappa shape index (κ3) is 7.26. The van der Waals surface area contributed by atoms with Crippen LogP contribution >= 0.6 is 0 Å². The Hall–Kier alpha value is -4.16. The van der Waals surface area contributed by atoms with Crippen molar-refractivity contribution in [2.24, 2.45) is 22.6 Å². The minimum absolute atomic E-state index is 0.00948. The second kappa shape index (κ2) is 11.8. The van der Waals surface area contributed by atoms with Crippen molar-refractivity contribution in [2.45, 2.75) is 82.8 Å². The lowest BCUT2D eigenvalue weighted by Crippen LogP contribution is -2.52. The molecular formula is C30H36F3N5O5. The molecule has 3 aliphatic rings. The van der Waals surface area contributed by atoms with Gasteiger partial charge in [0.25, 0.3) is 0 Å². The Morgan fingerprint density at radius 1 is 1.21 bits per heavy atom. The number of hydrogen-bond donors (Lipinski definition) is 3. The van der Waals surface area contributed by atoms with Crippen molar-refractivity contribution in [3.8, 4) is 5.75 Å². The number of carbonyl (C=O) groups is 3. The van der Waals surface area contributed by atoms with Crippen LogP contribution in [0, 0.1) is 11.8 Å². The number of aromatic nitrogens is 1. The fourth-order valence-electron chi connectivity index (χ4n) is 5.62. The third-order valence-corrected chi connectivity index (χ3v) is 8.02. The summed E-state index contributed by atoms with van der Waals surface area (Å²) in [5.74, 6) is -2.10. The highest BCUT2D eigenvalue weighted by Crippen LogP contribution is 2.51. The number of carboxylic acids is 1. The monoisotopic (exact) mass is 603 g/mol. The molecule has 1 aliphatic carbocycles. The summed E-state index contributed by atoms with van der Waals surface area (Å²) in [6, 6.07) is 11.1. The van der Waals surface area contributed by atoms with E-state index in [-0.39, 0.29) is 47.3 Å². The lowest BCUT2D eigenvalue weighted by molar-refractivity contribution is -0.192. The summed E-state index contributed by atoms with van der Waals surface area (Å²) in [5.41, 5.74) is 7.37. The molecule has 5 atom stereocenters. The molecule has 0 radical (unpaired) electrons. The van der Waals surface area contributed by atoms with Crippen molar-refractivity contribution in [3.05, 3.63) is 59.9 Å². The average molecular weight is 604 g/mol. The lowest BCUT2D eigenvalue weighted by atomic mass is 9.89. The van der Waals surface area contributed by atoms with Gasteiger partial charge in [-0.3, -0.25) is 19.5 Å². The molecule has 1 aromatic heterocycles. The van der Waals surface area contributed by atoms with Crippen molar-refractivity contribution in [2.75, 3.05) is 0 Å². The molecule has 1 fully saturated rings. The molecule has 5 rings (SSSR count). The van der Waals surface area contributed by atoms with E-state index in [1.165, 1.54) is 0 Å². The Labute approximate surface area is 247 Å². The predicted molar refractivity (Wildman–Crippen MR) is 151 cm³/mol. The standard InChI is InChI=1S/C28H35N5O3.C2HF3O2/c1-5-28(4)15-23(34)33(26(29)32-28)24(17-9-8-12-30-16-17)19-13-20(19)25(35)31-21-14-27(2,3)36-22-11-7-6-10-18(21)22;3-2(4,5)1(6)7/h6-12,16,19-21,24H,5,13-15H2,1-4H3,(H2,29,32)(H,31,35);(H,6,7)/t19-,20-,21+,24?,28-;/m1./s1. The van der Waals surface area contributed by atoms with Crippen LogP contribution in [0.4, 0.5) is 13.2 Å². The number of guanidine groups is 1. The molecule has 0 saturated heterocycles. The van der Waals surface area contributed by atoms with Crippen molar-refractivity contribution in [1.82, 2.24) is 15.2 Å². The van der Waals surface area contributed by atoms with Gasteiger partial charge in [-0.05, 0) is 57.2 Å². The molecule has 0 bridgehead atoms. The van der Waals surface area contributed by atoms with Gasteiger partial charge >= 0.3 is 12.1 Å². The molecule has 1 aromatic carbocycles. The van der Waals surface area contributed by atoms with Crippen LogP contribution in [-0.4, -0.2) is 56.0 Å². The van der Waals surface area contributed by atoms with Crippen molar-refractivity contribution in [1.29, 1.82) is 0 Å². The SMILES string of the molecule is CC[C@]1(C)CC(=O)N(C(c2cccnc2)[C@@H]2C[C@H]2C(=O)N[C@H]2CC(C)(C)Oc3ccccc32)C(N)=N1.O=C(O)C(F)(F)F. The van der Waals surface area contributed by atoms with E-state index in [1.807, 2.05) is 64.1 Å². The molecule has 1 saturated carbocycles. The number of carbonyl (C=O) groups excluding carboxylic acids is 2. The van der Waals surface area contributed by atoms with E-state index < -0.39 is 17.7 Å². The number of amides is 2. The largest absolute Gasteiger partial charge is 0.490 e. The second-order valence-corrected chi connectivity index (χ2v) is 12.0. The van der Waals surface area contributed by atoms with Gasteiger partial charge in [-0.25, -0.2) is 9.79 Å². The van der Waals surface area contributed by atoms with Crippen LogP contribution in [0.3, 0.4) is 0 Å². The van der Waals surface area contributed by atoms with Gasteiger partial charge in [0.15, 0.2) is 5.96 Å². The minimum Gasteiger partial charge on any atom is -0.487 e. The molecule has 232 valence electrons. The smallest absolute Gasteiger partial charge is 0.487 e. The van der Waals surface area contributed by atoms with Gasteiger partial charge in [0, 0.05) is 30.3 Å². The van der Waals surface area contributed by atoms with Crippen LogP contribution in [0.25, 0.3) is 0 Å². The number of rotatable bonds is 6. The van der Waals surface area contributed by atoms with E-state index in [9.17, 15) is 22.8 Å². The van der Waals surface area contributed by atoms with E-state index in [0.29, 0.717) is 19.3 Å². The maximum atomic E-state index is 13.5. The van der Waals surface area contributed by atoms with Crippen LogP contribution in [0.15, 0.2) is 53.8 Å². The van der Waals surface area contributed by atoms with Crippen LogP contribution < -0.4 is 15.8 Å². The highest BCUT2D eigenvalue weighted by molar-refractivity contribution is 5.99. The number of benzene rings is 1. The van der Waals surface area contributed by atoms with Crippen LogP contribution in [0.5, 0.6) is 5.75 Å². The quantitative estimate of drug-likeness (QED) is 0.440. The van der Waals surface area contributed by atoms with Crippen LogP contribution in [0.2, 0.25) is 0 Å². The molecule has 10 nitrogen and oxygen atoms in total. The number of nitrogens with one attached hydrogen (secondary N) is 1. The molecule has 2 aromatic rings. The number of halogens is 3. The summed E-state index contributed by atoms with van der Waals surface area (Å²) < 4.78 is 37.9. The number of ether oxygens (including phenoxy) is 1. The molecule has 13 heteroatoms. The molecule has 43 heavy (non-hydrogen) atoms. The summed E-state index contributed by atoms with van der Waals surface area (Å²) in [5, 5.41) is 10.4. The van der Waals surface area contributed by atoms with E-state index in [0.717, 1.165) is 23.3 Å². The molecule has 0 spiro atoms. The van der Waals surface area contributed by atoms with Gasteiger partial charge in [0.2, 0.25) is 11.8 Å². The van der Waals surface area contributed by atoms with E-state index in [2.05, 4.69) is 10.3 Å². The van der Waals surface area contributed by atoms with Gasteiger partial charge in [-0.1, -0.05) is 31.2 Å². The molecule has 1 unspecified atom stereocenters. The normalized spacial score (nSPS) is 26.5. The molecular weight excluding hydrogens is 567 g/mol. The van der Waals surface area contributed by atoms with Crippen molar-refractivity contribution >= 4 is 23.7 Å². The van der Waals surface area contributed by atoms with Crippen LogP contribution in [0.1, 0.15) is 76.6 Å². The number of nitrogens with zero attached hydrogens (tertiary/aromatic N) is 3. The first-order valence-corrected chi connectivity index (χ1v) is 14.0. The summed E-state index contributed by atoms with van der Waals surface area (Å²) in [4.78, 5) is 46.3. The Balaban J connectivity index is 0.000000541. The Morgan fingerprint density at radius 3 is 2.47 bits per heavy atom. The molecule has 3 heterocycles. The lowest BCUT2D eigenvalue weighted by Gasteiger charge is -2.39. The highest BCUT2D eigenvalue weighted by atomic mass is 19.4. The van der Waals surface area contributed by atoms with Crippen molar-refractivity contribution in [3.63, 3.8) is 0 Å². The first kappa shape index (κ1) is 31.8. The zero-order chi connectivity index (χ0) is 31.7. The van der Waals surface area contributed by atoms with Crippen LogP contribution in [-0.2, 0) is 14.4 Å². The van der Waals surface area contributed by atoms with E-state index in [1.54, 1.807) is 17.3 Å². The van der Waals surface area contributed by atoms with E-state index >= 15 is 0 Å². The second-order valence-electron chi connectivity index (χ2n) is 12.0. The number of aliphatic carboxylic acids is 1. The zero-order valence-corrected chi connectivity index (χ0v) is 24.4. The van der Waals surface area contributed by atoms with Gasteiger partial charge in [0.1, 0.15) is 11.4 Å². The number of pyridine rings is 1. The van der Waals surface area contributed by atoms with Gasteiger partial charge in [-0.2, -0.15) is 13.2 Å². The summed E-state index contributed by atoms with van der Waals surface area (Å²) in [7, 11) is 0. The number of para-hydroxylation sites is 1. The summed E-state index contributed by atoms with van der Waals surface area (Å²) in [6.45, 7) is 8.04. The Morgan fingerprint density at radius 2 is 1.88 bits per heavy atom.